The van der Waals surface area contributed by atoms with Gasteiger partial charge in [-0.1, -0.05) is 12.1 Å². The number of hydrogen-bond donors (Lipinski definition) is 0. The Kier molecular flexibility index (Phi) is 5.15. The zero-order valence-corrected chi connectivity index (χ0v) is 14.3. The van der Waals surface area contributed by atoms with Crippen molar-refractivity contribution in [3.8, 4) is 11.5 Å². The molecule has 1 aromatic carbocycles. The van der Waals surface area contributed by atoms with Crippen molar-refractivity contribution in [1.29, 1.82) is 0 Å². The SMILES string of the molecule is CN(Cc1ccc2c(c1)OCCO2)C(=O)CCC(=O)c1cccs1. The van der Waals surface area contributed by atoms with Crippen molar-refractivity contribution in [3.05, 3.63) is 46.2 Å². The lowest BCUT2D eigenvalue weighted by atomic mass is 10.1. The maximum atomic E-state index is 12.2. The molecule has 0 saturated heterocycles. The largest absolute Gasteiger partial charge is 0.486 e. The van der Waals surface area contributed by atoms with Gasteiger partial charge in [0.05, 0.1) is 4.88 Å². The maximum absolute atomic E-state index is 12.2. The van der Waals surface area contributed by atoms with Crippen LogP contribution in [0.15, 0.2) is 35.7 Å². The molecule has 24 heavy (non-hydrogen) atoms. The van der Waals surface area contributed by atoms with Crippen molar-refractivity contribution in [2.75, 3.05) is 20.3 Å². The van der Waals surface area contributed by atoms with Gasteiger partial charge < -0.3 is 14.4 Å². The number of benzene rings is 1. The Hall–Kier alpha value is -2.34. The first-order chi connectivity index (χ1) is 11.6. The van der Waals surface area contributed by atoms with E-state index in [1.54, 1.807) is 18.0 Å². The summed E-state index contributed by atoms with van der Waals surface area (Å²) >= 11 is 1.41. The average Bonchev–Trinajstić information content (AvgIpc) is 3.14. The number of thiophene rings is 1. The van der Waals surface area contributed by atoms with Gasteiger partial charge in [-0.2, -0.15) is 0 Å². The van der Waals surface area contributed by atoms with Crippen molar-refractivity contribution < 1.29 is 19.1 Å². The number of ketones is 1. The highest BCUT2D eigenvalue weighted by Crippen LogP contribution is 2.31. The van der Waals surface area contributed by atoms with E-state index < -0.39 is 0 Å². The number of fused-ring (bicyclic) bond motifs is 1. The molecule has 0 atom stereocenters. The molecule has 0 N–H and O–H groups in total. The second-order valence-corrected chi connectivity index (χ2v) is 6.58. The topological polar surface area (TPSA) is 55.8 Å². The quantitative estimate of drug-likeness (QED) is 0.755. The van der Waals surface area contributed by atoms with Gasteiger partial charge in [-0.25, -0.2) is 0 Å². The summed E-state index contributed by atoms with van der Waals surface area (Å²) in [5, 5.41) is 1.86. The fourth-order valence-corrected chi connectivity index (χ4v) is 3.21. The molecular weight excluding hydrogens is 326 g/mol. The summed E-state index contributed by atoms with van der Waals surface area (Å²) in [5.74, 6) is 1.42. The fraction of sp³-hybridized carbons (Fsp3) is 0.333. The Morgan fingerprint density at radius 3 is 2.67 bits per heavy atom. The molecule has 0 radical (unpaired) electrons. The number of carbonyl (C=O) groups is 2. The first kappa shape index (κ1) is 16.5. The smallest absolute Gasteiger partial charge is 0.223 e. The van der Waals surface area contributed by atoms with Crippen molar-refractivity contribution in [3.63, 3.8) is 0 Å². The molecule has 5 nitrogen and oxygen atoms in total. The molecule has 2 aromatic rings. The second-order valence-electron chi connectivity index (χ2n) is 5.63. The van der Waals surface area contributed by atoms with Crippen LogP contribution < -0.4 is 9.47 Å². The molecule has 1 aliphatic heterocycles. The maximum Gasteiger partial charge on any atom is 0.223 e. The molecule has 1 aliphatic rings. The molecular formula is C18H19NO4S. The van der Waals surface area contributed by atoms with Crippen LogP contribution in [0.2, 0.25) is 0 Å². The predicted molar refractivity (Wildman–Crippen MR) is 91.8 cm³/mol. The van der Waals surface area contributed by atoms with Gasteiger partial charge in [0.2, 0.25) is 5.91 Å². The molecule has 0 fully saturated rings. The van der Waals surface area contributed by atoms with E-state index in [4.69, 9.17) is 9.47 Å². The summed E-state index contributed by atoms with van der Waals surface area (Å²) in [6.07, 6.45) is 0.461. The van der Waals surface area contributed by atoms with Gasteiger partial charge in [0.15, 0.2) is 17.3 Å². The summed E-state index contributed by atoms with van der Waals surface area (Å²) < 4.78 is 11.0. The Morgan fingerprint density at radius 2 is 1.92 bits per heavy atom. The highest BCUT2D eigenvalue weighted by molar-refractivity contribution is 7.12. The minimum Gasteiger partial charge on any atom is -0.486 e. The first-order valence-electron chi connectivity index (χ1n) is 7.82. The molecule has 0 spiro atoms. The van der Waals surface area contributed by atoms with Crippen LogP contribution in [0.1, 0.15) is 28.1 Å². The third kappa shape index (κ3) is 3.94. The van der Waals surface area contributed by atoms with E-state index in [-0.39, 0.29) is 24.5 Å². The summed E-state index contributed by atoms with van der Waals surface area (Å²) in [7, 11) is 1.74. The number of hydrogen-bond acceptors (Lipinski definition) is 5. The van der Waals surface area contributed by atoms with Gasteiger partial charge in [0.1, 0.15) is 13.2 Å². The Bertz CT molecular complexity index is 727. The molecule has 3 rings (SSSR count). The van der Waals surface area contributed by atoms with E-state index in [1.807, 2.05) is 29.6 Å². The monoisotopic (exact) mass is 345 g/mol. The lowest BCUT2D eigenvalue weighted by Crippen LogP contribution is -2.26. The first-order valence-corrected chi connectivity index (χ1v) is 8.70. The molecule has 1 aromatic heterocycles. The van der Waals surface area contributed by atoms with Gasteiger partial charge in [-0.05, 0) is 29.1 Å². The lowest BCUT2D eigenvalue weighted by Gasteiger charge is -2.21. The van der Waals surface area contributed by atoms with E-state index in [2.05, 4.69) is 0 Å². The van der Waals surface area contributed by atoms with Crippen LogP contribution in [0.25, 0.3) is 0 Å². The number of carbonyl (C=O) groups excluding carboxylic acids is 2. The lowest BCUT2D eigenvalue weighted by molar-refractivity contribution is -0.130. The van der Waals surface area contributed by atoms with Crippen LogP contribution in [0.4, 0.5) is 0 Å². The van der Waals surface area contributed by atoms with Gasteiger partial charge >= 0.3 is 0 Å². The molecule has 0 aliphatic carbocycles. The van der Waals surface area contributed by atoms with Crippen LogP contribution in [0, 0.1) is 0 Å². The summed E-state index contributed by atoms with van der Waals surface area (Å²) in [4.78, 5) is 26.5. The van der Waals surface area contributed by atoms with E-state index in [9.17, 15) is 9.59 Å². The zero-order chi connectivity index (χ0) is 16.9. The highest BCUT2D eigenvalue weighted by Gasteiger charge is 2.16. The van der Waals surface area contributed by atoms with E-state index >= 15 is 0 Å². The van der Waals surface area contributed by atoms with Crippen molar-refractivity contribution in [1.82, 2.24) is 4.90 Å². The number of Topliss-reactive ketones (excluding diaryl/α,β-unsaturated/α-hetero) is 1. The molecule has 0 saturated carbocycles. The van der Waals surface area contributed by atoms with Crippen LogP contribution in [-0.2, 0) is 11.3 Å². The predicted octanol–water partition coefficient (Wildman–Crippen LogP) is 3.14. The third-order valence-corrected chi connectivity index (χ3v) is 4.72. The Morgan fingerprint density at radius 1 is 1.12 bits per heavy atom. The molecule has 126 valence electrons. The second kappa shape index (κ2) is 7.49. The van der Waals surface area contributed by atoms with Crippen LogP contribution >= 0.6 is 11.3 Å². The van der Waals surface area contributed by atoms with Gasteiger partial charge in [-0.3, -0.25) is 9.59 Å². The van der Waals surface area contributed by atoms with E-state index in [1.165, 1.54) is 11.3 Å². The molecule has 0 unspecified atom stereocenters. The van der Waals surface area contributed by atoms with Crippen molar-refractivity contribution >= 4 is 23.0 Å². The normalized spacial score (nSPS) is 12.7. The third-order valence-electron chi connectivity index (χ3n) is 3.81. The average molecular weight is 345 g/mol. The number of amides is 1. The van der Waals surface area contributed by atoms with Gasteiger partial charge in [0.25, 0.3) is 0 Å². The van der Waals surface area contributed by atoms with Gasteiger partial charge in [-0.15, -0.1) is 11.3 Å². The standard InChI is InChI=1S/C18H19NO4S/c1-19(18(21)7-5-14(20)17-3-2-10-24-17)12-13-4-6-15-16(11-13)23-9-8-22-15/h2-4,6,10-11H,5,7-9,12H2,1H3. The van der Waals surface area contributed by atoms with Crippen LogP contribution in [-0.4, -0.2) is 36.9 Å². The summed E-state index contributed by atoms with van der Waals surface area (Å²) in [6, 6.07) is 9.32. The Labute approximate surface area is 144 Å². The molecule has 0 bridgehead atoms. The summed E-state index contributed by atoms with van der Waals surface area (Å²) in [6.45, 7) is 1.57. The van der Waals surface area contributed by atoms with E-state index in [0.29, 0.717) is 30.4 Å². The summed E-state index contributed by atoms with van der Waals surface area (Å²) in [5.41, 5.74) is 0.972. The highest BCUT2D eigenvalue weighted by atomic mass is 32.1. The van der Waals surface area contributed by atoms with Crippen LogP contribution in [0.5, 0.6) is 11.5 Å². The van der Waals surface area contributed by atoms with Crippen molar-refractivity contribution in [2.45, 2.75) is 19.4 Å². The molecule has 6 heteroatoms. The Balaban J connectivity index is 1.53. The van der Waals surface area contributed by atoms with Gasteiger partial charge in [0, 0.05) is 26.4 Å². The number of ether oxygens (including phenoxy) is 2. The molecule has 2 heterocycles. The zero-order valence-electron chi connectivity index (χ0n) is 13.5. The minimum atomic E-state index is -0.0465. The fourth-order valence-electron chi connectivity index (χ4n) is 2.52. The minimum absolute atomic E-state index is 0.0195. The number of rotatable bonds is 6. The van der Waals surface area contributed by atoms with Crippen LogP contribution in [0.3, 0.4) is 0 Å². The van der Waals surface area contributed by atoms with Crippen molar-refractivity contribution in [2.24, 2.45) is 0 Å². The number of nitrogens with zero attached hydrogens (tertiary/aromatic N) is 1. The van der Waals surface area contributed by atoms with E-state index in [0.717, 1.165) is 11.3 Å². The molecule has 1 amide bonds.